The van der Waals surface area contributed by atoms with Gasteiger partial charge in [0.25, 0.3) is 0 Å². The Labute approximate surface area is 110 Å². The summed E-state index contributed by atoms with van der Waals surface area (Å²) in [5, 5.41) is 0.403. The van der Waals surface area contributed by atoms with E-state index in [0.717, 1.165) is 6.42 Å². The van der Waals surface area contributed by atoms with Gasteiger partial charge in [-0.3, -0.25) is 0 Å². The smallest absolute Gasteiger partial charge is 0.0663 e. The molecule has 2 unspecified atom stereocenters. The summed E-state index contributed by atoms with van der Waals surface area (Å²) < 4.78 is 6.43. The molecule has 17 heavy (non-hydrogen) atoms. The second-order valence-electron chi connectivity index (χ2n) is 6.38. The standard InChI is InChI=1S/C15H25ClO/c16-13-11-14(15(13)9-5-6-10-15)17-12-7-3-1-2-4-8-12/h12-14H,1-11H2. The number of alkyl halides is 1. The molecule has 0 aromatic rings. The van der Waals surface area contributed by atoms with Gasteiger partial charge in [0, 0.05) is 10.8 Å². The van der Waals surface area contributed by atoms with E-state index in [0.29, 0.717) is 23.0 Å². The third-order valence-corrected chi connectivity index (χ3v) is 5.99. The van der Waals surface area contributed by atoms with Gasteiger partial charge in [0.05, 0.1) is 12.2 Å². The Balaban J connectivity index is 1.57. The number of hydrogen-bond acceptors (Lipinski definition) is 1. The van der Waals surface area contributed by atoms with E-state index in [4.69, 9.17) is 16.3 Å². The highest BCUT2D eigenvalue weighted by Crippen LogP contribution is 2.57. The Hall–Kier alpha value is 0.250. The van der Waals surface area contributed by atoms with Crippen molar-refractivity contribution >= 4 is 11.6 Å². The van der Waals surface area contributed by atoms with Gasteiger partial charge >= 0.3 is 0 Å². The first-order valence-corrected chi connectivity index (χ1v) is 8.04. The second kappa shape index (κ2) is 5.09. The van der Waals surface area contributed by atoms with Crippen molar-refractivity contribution in [2.24, 2.45) is 5.41 Å². The van der Waals surface area contributed by atoms with Crippen molar-refractivity contribution in [2.75, 3.05) is 0 Å². The van der Waals surface area contributed by atoms with Gasteiger partial charge in [-0.05, 0) is 32.1 Å². The van der Waals surface area contributed by atoms with Crippen molar-refractivity contribution < 1.29 is 4.74 Å². The zero-order valence-corrected chi connectivity index (χ0v) is 11.6. The van der Waals surface area contributed by atoms with E-state index < -0.39 is 0 Å². The van der Waals surface area contributed by atoms with Gasteiger partial charge in [-0.15, -0.1) is 11.6 Å². The molecule has 0 bridgehead atoms. The van der Waals surface area contributed by atoms with Crippen LogP contribution in [-0.2, 0) is 4.74 Å². The van der Waals surface area contributed by atoms with Gasteiger partial charge in [-0.25, -0.2) is 0 Å². The van der Waals surface area contributed by atoms with Crippen LogP contribution in [-0.4, -0.2) is 17.6 Å². The van der Waals surface area contributed by atoms with E-state index in [1.54, 1.807) is 0 Å². The monoisotopic (exact) mass is 256 g/mol. The molecule has 0 N–H and O–H groups in total. The van der Waals surface area contributed by atoms with Crippen LogP contribution in [0.5, 0.6) is 0 Å². The van der Waals surface area contributed by atoms with Crippen molar-refractivity contribution in [2.45, 2.75) is 88.2 Å². The molecule has 3 aliphatic carbocycles. The fourth-order valence-corrected chi connectivity index (χ4v) is 4.69. The summed E-state index contributed by atoms with van der Waals surface area (Å²) in [7, 11) is 0. The predicted octanol–water partition coefficient (Wildman–Crippen LogP) is 4.67. The Bertz CT molecular complexity index is 252. The maximum Gasteiger partial charge on any atom is 0.0663 e. The van der Waals surface area contributed by atoms with Crippen LogP contribution in [0.1, 0.15) is 70.6 Å². The van der Waals surface area contributed by atoms with Crippen LogP contribution in [0, 0.1) is 5.41 Å². The zero-order valence-electron chi connectivity index (χ0n) is 10.8. The number of rotatable bonds is 2. The molecule has 0 aliphatic heterocycles. The largest absolute Gasteiger partial charge is 0.374 e. The second-order valence-corrected chi connectivity index (χ2v) is 6.91. The molecule has 1 spiro atoms. The first kappa shape index (κ1) is 12.3. The summed E-state index contributed by atoms with van der Waals surface area (Å²) in [6, 6.07) is 0. The van der Waals surface area contributed by atoms with Crippen LogP contribution in [0.15, 0.2) is 0 Å². The molecule has 3 fully saturated rings. The fourth-order valence-electron chi connectivity index (χ4n) is 4.17. The van der Waals surface area contributed by atoms with Crippen molar-refractivity contribution in [1.82, 2.24) is 0 Å². The van der Waals surface area contributed by atoms with Gasteiger partial charge in [-0.1, -0.05) is 38.5 Å². The molecule has 0 aromatic carbocycles. The number of ether oxygens (including phenoxy) is 1. The fraction of sp³-hybridized carbons (Fsp3) is 1.00. The lowest BCUT2D eigenvalue weighted by molar-refractivity contribution is -0.139. The summed E-state index contributed by atoms with van der Waals surface area (Å²) in [4.78, 5) is 0. The van der Waals surface area contributed by atoms with Crippen molar-refractivity contribution in [3.63, 3.8) is 0 Å². The molecule has 0 heterocycles. The molecule has 0 amide bonds. The lowest BCUT2D eigenvalue weighted by Crippen LogP contribution is -2.55. The van der Waals surface area contributed by atoms with Gasteiger partial charge in [0.15, 0.2) is 0 Å². The van der Waals surface area contributed by atoms with Gasteiger partial charge in [-0.2, -0.15) is 0 Å². The highest BCUT2D eigenvalue weighted by atomic mass is 35.5. The Morgan fingerprint density at radius 2 is 1.53 bits per heavy atom. The molecule has 3 rings (SSSR count). The minimum atomic E-state index is 0.383. The first-order valence-electron chi connectivity index (χ1n) is 7.61. The lowest BCUT2D eigenvalue weighted by Gasteiger charge is -2.52. The summed E-state index contributed by atoms with van der Waals surface area (Å²) in [6.07, 6.45) is 15.7. The van der Waals surface area contributed by atoms with E-state index in [1.165, 1.54) is 64.2 Å². The lowest BCUT2D eigenvalue weighted by atomic mass is 9.64. The van der Waals surface area contributed by atoms with E-state index in [1.807, 2.05) is 0 Å². The maximum atomic E-state index is 6.48. The Morgan fingerprint density at radius 1 is 0.882 bits per heavy atom. The molecule has 3 aliphatic rings. The van der Waals surface area contributed by atoms with Gasteiger partial charge in [0.1, 0.15) is 0 Å². The summed E-state index contributed by atoms with van der Waals surface area (Å²) >= 11 is 6.48. The molecular formula is C15H25ClO. The van der Waals surface area contributed by atoms with Crippen LogP contribution < -0.4 is 0 Å². The van der Waals surface area contributed by atoms with Crippen LogP contribution in [0.3, 0.4) is 0 Å². The van der Waals surface area contributed by atoms with E-state index in [2.05, 4.69) is 0 Å². The third kappa shape index (κ3) is 2.26. The number of halogens is 1. The average molecular weight is 257 g/mol. The molecule has 0 radical (unpaired) electrons. The molecule has 3 saturated carbocycles. The van der Waals surface area contributed by atoms with E-state index in [-0.39, 0.29) is 0 Å². The van der Waals surface area contributed by atoms with Gasteiger partial charge < -0.3 is 4.74 Å². The van der Waals surface area contributed by atoms with E-state index in [9.17, 15) is 0 Å². The first-order chi connectivity index (χ1) is 8.31. The molecule has 2 heteroatoms. The van der Waals surface area contributed by atoms with Crippen molar-refractivity contribution in [1.29, 1.82) is 0 Å². The summed E-state index contributed by atoms with van der Waals surface area (Å²) in [5.74, 6) is 0. The molecule has 1 nitrogen and oxygen atoms in total. The molecule has 98 valence electrons. The Kier molecular flexibility index (Phi) is 3.68. The third-order valence-electron chi connectivity index (χ3n) is 5.38. The quantitative estimate of drug-likeness (QED) is 0.516. The van der Waals surface area contributed by atoms with Gasteiger partial charge in [0.2, 0.25) is 0 Å². The van der Waals surface area contributed by atoms with Crippen LogP contribution in [0.25, 0.3) is 0 Å². The normalized spacial score (nSPS) is 37.9. The van der Waals surface area contributed by atoms with E-state index >= 15 is 0 Å². The van der Waals surface area contributed by atoms with Crippen LogP contribution in [0.2, 0.25) is 0 Å². The van der Waals surface area contributed by atoms with Crippen molar-refractivity contribution in [3.05, 3.63) is 0 Å². The SMILES string of the molecule is ClC1CC(OC2CCCCCC2)C12CCCC2. The van der Waals surface area contributed by atoms with Crippen molar-refractivity contribution in [3.8, 4) is 0 Å². The topological polar surface area (TPSA) is 9.23 Å². The highest BCUT2D eigenvalue weighted by molar-refractivity contribution is 6.21. The van der Waals surface area contributed by atoms with Crippen LogP contribution >= 0.6 is 11.6 Å². The molecule has 0 saturated heterocycles. The molecular weight excluding hydrogens is 232 g/mol. The minimum Gasteiger partial charge on any atom is -0.374 e. The summed E-state index contributed by atoms with van der Waals surface area (Å²) in [6.45, 7) is 0. The minimum absolute atomic E-state index is 0.383. The zero-order chi connectivity index (χ0) is 11.7. The average Bonchev–Trinajstić information content (AvgIpc) is 2.73. The maximum absolute atomic E-state index is 6.48. The predicted molar refractivity (Wildman–Crippen MR) is 71.5 cm³/mol. The van der Waals surface area contributed by atoms with Crippen LogP contribution in [0.4, 0.5) is 0 Å². The Morgan fingerprint density at radius 3 is 2.12 bits per heavy atom. The molecule has 0 aromatic heterocycles. The number of hydrogen-bond donors (Lipinski definition) is 0. The summed E-state index contributed by atoms with van der Waals surface area (Å²) in [5.41, 5.74) is 0.383. The highest BCUT2D eigenvalue weighted by Gasteiger charge is 2.56. The molecule has 2 atom stereocenters.